The number of nitrogen functional groups attached to an aromatic ring is 1. The summed E-state index contributed by atoms with van der Waals surface area (Å²) < 4.78 is 52.5. The van der Waals surface area contributed by atoms with E-state index in [-0.39, 0.29) is 17.9 Å². The highest BCUT2D eigenvalue weighted by molar-refractivity contribution is 5.68. The minimum absolute atomic E-state index is 0.0359. The molecule has 0 saturated carbocycles. The van der Waals surface area contributed by atoms with Crippen molar-refractivity contribution in [3.63, 3.8) is 0 Å². The number of benzene rings is 2. The summed E-state index contributed by atoms with van der Waals surface area (Å²) in [6, 6.07) is 10.9. The van der Waals surface area contributed by atoms with Gasteiger partial charge in [0.05, 0.1) is 23.3 Å². The SMILES string of the molecule is CC(C)(C)OC(=O)N1CCC(Oc2cc(CC(O)/C=C/c3cccc(C#N)c3)c(N)cc2C(F)(F)F)CC1. The van der Waals surface area contributed by atoms with Crippen LogP contribution in [0.2, 0.25) is 0 Å². The lowest BCUT2D eigenvalue weighted by atomic mass is 10.0. The van der Waals surface area contributed by atoms with E-state index >= 15 is 0 Å². The number of carbonyl (C=O) groups is 1. The first-order valence-electron chi connectivity index (χ1n) is 12.3. The molecule has 7 nitrogen and oxygen atoms in total. The highest BCUT2D eigenvalue weighted by Gasteiger charge is 2.37. The van der Waals surface area contributed by atoms with Crippen molar-refractivity contribution >= 4 is 17.9 Å². The Morgan fingerprint density at radius 2 is 1.92 bits per heavy atom. The molecule has 1 saturated heterocycles. The molecule has 0 aliphatic carbocycles. The molecule has 10 heteroatoms. The van der Waals surface area contributed by atoms with Crippen molar-refractivity contribution in [1.82, 2.24) is 4.90 Å². The first-order valence-corrected chi connectivity index (χ1v) is 12.3. The second kappa shape index (κ2) is 11.8. The average Bonchev–Trinajstić information content (AvgIpc) is 2.83. The number of nitrogens with two attached hydrogens (primary N) is 1. The molecular weight excluding hydrogens is 499 g/mol. The first kappa shape index (κ1) is 28.9. The molecule has 0 spiro atoms. The van der Waals surface area contributed by atoms with Crippen LogP contribution < -0.4 is 10.5 Å². The number of anilines is 1. The minimum Gasteiger partial charge on any atom is -0.490 e. The number of carbonyl (C=O) groups excluding carboxylic acids is 1. The molecule has 3 N–H and O–H groups in total. The zero-order chi connectivity index (χ0) is 28.1. The molecule has 1 fully saturated rings. The maximum absolute atomic E-state index is 13.8. The highest BCUT2D eigenvalue weighted by Crippen LogP contribution is 2.40. The lowest BCUT2D eigenvalue weighted by Crippen LogP contribution is -2.44. The zero-order valence-corrected chi connectivity index (χ0v) is 21.6. The summed E-state index contributed by atoms with van der Waals surface area (Å²) >= 11 is 0. The van der Waals surface area contributed by atoms with Gasteiger partial charge >= 0.3 is 12.3 Å². The minimum atomic E-state index is -4.69. The fourth-order valence-corrected chi connectivity index (χ4v) is 4.02. The number of hydrogen-bond acceptors (Lipinski definition) is 6. The van der Waals surface area contributed by atoms with Crippen molar-refractivity contribution in [3.8, 4) is 11.8 Å². The van der Waals surface area contributed by atoms with E-state index < -0.39 is 35.6 Å². The molecule has 204 valence electrons. The fourth-order valence-electron chi connectivity index (χ4n) is 4.02. The Labute approximate surface area is 220 Å². The van der Waals surface area contributed by atoms with E-state index in [2.05, 4.69) is 0 Å². The zero-order valence-electron chi connectivity index (χ0n) is 21.6. The quantitative estimate of drug-likeness (QED) is 0.473. The summed E-state index contributed by atoms with van der Waals surface area (Å²) in [6.07, 6.45) is -2.99. The highest BCUT2D eigenvalue weighted by atomic mass is 19.4. The second-order valence-electron chi connectivity index (χ2n) is 10.2. The van der Waals surface area contributed by atoms with Crippen LogP contribution >= 0.6 is 0 Å². The third-order valence-corrected chi connectivity index (χ3v) is 5.89. The molecule has 1 heterocycles. The van der Waals surface area contributed by atoms with Crippen molar-refractivity contribution in [1.29, 1.82) is 5.26 Å². The van der Waals surface area contributed by atoms with Crippen LogP contribution in [0.4, 0.5) is 23.7 Å². The van der Waals surface area contributed by atoms with Gasteiger partial charge in [-0.2, -0.15) is 18.4 Å². The molecular formula is C28H32F3N3O4. The van der Waals surface area contributed by atoms with Crippen LogP contribution in [0.25, 0.3) is 6.08 Å². The number of amides is 1. The number of likely N-dealkylation sites (tertiary alicyclic amines) is 1. The van der Waals surface area contributed by atoms with E-state index in [4.69, 9.17) is 20.5 Å². The molecule has 0 bridgehead atoms. The molecule has 0 radical (unpaired) electrons. The third kappa shape index (κ3) is 8.15. The summed E-state index contributed by atoms with van der Waals surface area (Å²) in [6.45, 7) is 5.86. The summed E-state index contributed by atoms with van der Waals surface area (Å²) in [5.74, 6) is -0.365. The van der Waals surface area contributed by atoms with E-state index in [1.54, 1.807) is 51.1 Å². The first-order chi connectivity index (χ1) is 17.7. The van der Waals surface area contributed by atoms with Gasteiger partial charge < -0.3 is 25.2 Å². The molecule has 2 aromatic rings. The molecule has 3 rings (SSSR count). The number of nitriles is 1. The van der Waals surface area contributed by atoms with E-state index in [9.17, 15) is 23.1 Å². The number of alkyl halides is 3. The lowest BCUT2D eigenvalue weighted by Gasteiger charge is -2.34. The van der Waals surface area contributed by atoms with Crippen LogP contribution in [-0.4, -0.2) is 47.0 Å². The number of hydrogen-bond donors (Lipinski definition) is 2. The molecule has 2 aromatic carbocycles. The second-order valence-corrected chi connectivity index (χ2v) is 10.2. The molecule has 0 aromatic heterocycles. The van der Waals surface area contributed by atoms with Gasteiger partial charge in [-0.15, -0.1) is 0 Å². The lowest BCUT2D eigenvalue weighted by molar-refractivity contribution is -0.139. The average molecular weight is 532 g/mol. The Kier molecular flexibility index (Phi) is 8.94. The number of piperidine rings is 1. The predicted molar refractivity (Wildman–Crippen MR) is 137 cm³/mol. The van der Waals surface area contributed by atoms with Gasteiger partial charge in [0, 0.05) is 38.0 Å². The maximum Gasteiger partial charge on any atom is 0.420 e. The van der Waals surface area contributed by atoms with E-state index in [1.165, 1.54) is 17.0 Å². The number of aliphatic hydroxyl groups is 1. The smallest absolute Gasteiger partial charge is 0.420 e. The number of aliphatic hydroxyl groups excluding tert-OH is 1. The van der Waals surface area contributed by atoms with Crippen molar-refractivity contribution in [2.45, 2.75) is 64.0 Å². The van der Waals surface area contributed by atoms with Crippen LogP contribution in [0, 0.1) is 11.3 Å². The van der Waals surface area contributed by atoms with Crippen LogP contribution in [0.1, 0.15) is 55.9 Å². The van der Waals surface area contributed by atoms with Gasteiger partial charge in [0.15, 0.2) is 0 Å². The molecule has 1 aliphatic rings. The summed E-state index contributed by atoms with van der Waals surface area (Å²) in [7, 11) is 0. The van der Waals surface area contributed by atoms with Crippen LogP contribution in [0.5, 0.6) is 5.75 Å². The number of nitrogens with zero attached hydrogens (tertiary/aromatic N) is 2. The van der Waals surface area contributed by atoms with Gasteiger partial charge in [-0.1, -0.05) is 24.3 Å². The summed E-state index contributed by atoms with van der Waals surface area (Å²) in [4.78, 5) is 13.8. The van der Waals surface area contributed by atoms with Crippen molar-refractivity contribution < 1.29 is 32.5 Å². The van der Waals surface area contributed by atoms with Gasteiger partial charge in [-0.3, -0.25) is 0 Å². The van der Waals surface area contributed by atoms with E-state index in [0.717, 1.165) is 6.07 Å². The van der Waals surface area contributed by atoms with Crippen LogP contribution in [0.15, 0.2) is 42.5 Å². The monoisotopic (exact) mass is 531 g/mol. The van der Waals surface area contributed by atoms with Crippen LogP contribution in [-0.2, 0) is 17.3 Å². The molecule has 1 aliphatic heterocycles. The standard InChI is InChI=1S/C28H32F3N3O4/c1-27(2,3)38-26(36)34-11-9-22(10-12-34)37-25-15-20(24(33)16-23(25)28(29,30)31)14-21(35)8-7-18-5-4-6-19(13-18)17-32/h4-8,13,15-16,21-22,35H,9-12,14,33H2,1-3H3/b8-7+. The van der Waals surface area contributed by atoms with Gasteiger partial charge in [-0.05, 0) is 56.2 Å². The maximum atomic E-state index is 13.8. The van der Waals surface area contributed by atoms with Gasteiger partial charge in [0.1, 0.15) is 17.5 Å². The Bertz CT molecular complexity index is 1210. The Morgan fingerprint density at radius 1 is 1.24 bits per heavy atom. The van der Waals surface area contributed by atoms with Crippen LogP contribution in [0.3, 0.4) is 0 Å². The predicted octanol–water partition coefficient (Wildman–Crippen LogP) is 5.55. The topological polar surface area (TPSA) is 109 Å². The molecule has 1 amide bonds. The van der Waals surface area contributed by atoms with Crippen molar-refractivity contribution in [3.05, 3.63) is 64.7 Å². The van der Waals surface area contributed by atoms with Gasteiger partial charge in [-0.25, -0.2) is 4.79 Å². The third-order valence-electron chi connectivity index (χ3n) is 5.89. The summed E-state index contributed by atoms with van der Waals surface area (Å²) in [5.41, 5.74) is 5.65. The van der Waals surface area contributed by atoms with Crippen molar-refractivity contribution in [2.75, 3.05) is 18.8 Å². The number of rotatable bonds is 6. The largest absolute Gasteiger partial charge is 0.490 e. The fraction of sp³-hybridized carbons (Fsp3) is 0.429. The number of halogens is 3. The normalized spacial score (nSPS) is 15.8. The molecule has 1 atom stereocenters. The Morgan fingerprint density at radius 3 is 2.53 bits per heavy atom. The number of ether oxygens (including phenoxy) is 2. The molecule has 1 unspecified atom stereocenters. The Balaban J connectivity index is 1.73. The van der Waals surface area contributed by atoms with Crippen molar-refractivity contribution in [2.24, 2.45) is 0 Å². The van der Waals surface area contributed by atoms with Gasteiger partial charge in [0.25, 0.3) is 0 Å². The van der Waals surface area contributed by atoms with E-state index in [1.807, 2.05) is 6.07 Å². The summed E-state index contributed by atoms with van der Waals surface area (Å²) in [5, 5.41) is 19.5. The Hall–Kier alpha value is -3.71. The molecule has 38 heavy (non-hydrogen) atoms. The van der Waals surface area contributed by atoms with Gasteiger partial charge in [0.2, 0.25) is 0 Å². The van der Waals surface area contributed by atoms with E-state index in [0.29, 0.717) is 42.6 Å².